The molecule has 2 heterocycles. The van der Waals surface area contributed by atoms with Gasteiger partial charge in [-0.05, 0) is 19.1 Å². The van der Waals surface area contributed by atoms with Gasteiger partial charge in [0, 0.05) is 25.2 Å². The number of amides is 1. The SMILES string of the molecule is Cc1ccc(OCCN2C(=O)C[C@@H](C(=O)O)[C@@H]2c2cnn(C)c2)cc1. The lowest BCUT2D eigenvalue weighted by Gasteiger charge is -2.26. The summed E-state index contributed by atoms with van der Waals surface area (Å²) in [4.78, 5) is 25.5. The Morgan fingerprint density at radius 2 is 2.08 bits per heavy atom. The third-order valence-corrected chi connectivity index (χ3v) is 4.44. The zero-order chi connectivity index (χ0) is 18.0. The van der Waals surface area contributed by atoms with Gasteiger partial charge in [-0.25, -0.2) is 0 Å². The lowest BCUT2D eigenvalue weighted by Crippen LogP contribution is -2.33. The summed E-state index contributed by atoms with van der Waals surface area (Å²) in [5.41, 5.74) is 1.87. The first-order chi connectivity index (χ1) is 12.0. The molecule has 2 aromatic rings. The molecule has 0 unspecified atom stereocenters. The molecule has 0 bridgehead atoms. The predicted molar refractivity (Wildman–Crippen MR) is 90.1 cm³/mol. The van der Waals surface area contributed by atoms with Crippen LogP contribution in [0.15, 0.2) is 36.7 Å². The highest BCUT2D eigenvalue weighted by atomic mass is 16.5. The molecule has 1 fully saturated rings. The summed E-state index contributed by atoms with van der Waals surface area (Å²) in [6.45, 7) is 2.63. The van der Waals surface area contributed by atoms with Crippen molar-refractivity contribution in [2.45, 2.75) is 19.4 Å². The Morgan fingerprint density at radius 3 is 2.68 bits per heavy atom. The van der Waals surface area contributed by atoms with Crippen LogP contribution in [0.3, 0.4) is 0 Å². The second-order valence-corrected chi connectivity index (χ2v) is 6.29. The summed E-state index contributed by atoms with van der Waals surface area (Å²) >= 11 is 0. The van der Waals surface area contributed by atoms with E-state index in [1.807, 2.05) is 31.2 Å². The number of carboxylic acid groups (broad SMARTS) is 1. The molecule has 1 N–H and O–H groups in total. The van der Waals surface area contributed by atoms with Crippen LogP contribution in [0.4, 0.5) is 0 Å². The van der Waals surface area contributed by atoms with Crippen molar-refractivity contribution in [3.63, 3.8) is 0 Å². The lowest BCUT2D eigenvalue weighted by molar-refractivity contribution is -0.142. The average Bonchev–Trinajstić information content (AvgIpc) is 3.13. The zero-order valence-corrected chi connectivity index (χ0v) is 14.3. The van der Waals surface area contributed by atoms with Crippen molar-refractivity contribution in [1.82, 2.24) is 14.7 Å². The normalized spacial score (nSPS) is 20.1. The third-order valence-electron chi connectivity index (χ3n) is 4.44. The van der Waals surface area contributed by atoms with E-state index in [9.17, 15) is 14.7 Å². The van der Waals surface area contributed by atoms with Gasteiger partial charge in [0.05, 0.1) is 24.7 Å². The maximum absolute atomic E-state index is 12.3. The van der Waals surface area contributed by atoms with Gasteiger partial charge >= 0.3 is 5.97 Å². The number of aliphatic carboxylic acids is 1. The second-order valence-electron chi connectivity index (χ2n) is 6.29. The predicted octanol–water partition coefficient (Wildman–Crippen LogP) is 1.78. The molecule has 2 atom stereocenters. The van der Waals surface area contributed by atoms with E-state index in [2.05, 4.69) is 5.10 Å². The molecule has 25 heavy (non-hydrogen) atoms. The number of carbonyl (C=O) groups is 2. The first-order valence-corrected chi connectivity index (χ1v) is 8.16. The fourth-order valence-corrected chi connectivity index (χ4v) is 3.18. The summed E-state index contributed by atoms with van der Waals surface area (Å²) in [7, 11) is 1.76. The molecule has 132 valence electrons. The van der Waals surface area contributed by atoms with Gasteiger partial charge in [-0.15, -0.1) is 0 Å². The van der Waals surface area contributed by atoms with Crippen LogP contribution in [0, 0.1) is 12.8 Å². The van der Waals surface area contributed by atoms with Crippen LogP contribution in [-0.2, 0) is 16.6 Å². The van der Waals surface area contributed by atoms with Crippen molar-refractivity contribution in [2.24, 2.45) is 13.0 Å². The largest absolute Gasteiger partial charge is 0.492 e. The van der Waals surface area contributed by atoms with Crippen LogP contribution in [0.25, 0.3) is 0 Å². The van der Waals surface area contributed by atoms with Gasteiger partial charge in [-0.3, -0.25) is 14.3 Å². The summed E-state index contributed by atoms with van der Waals surface area (Å²) < 4.78 is 7.30. The Morgan fingerprint density at radius 1 is 1.36 bits per heavy atom. The summed E-state index contributed by atoms with van der Waals surface area (Å²) in [5, 5.41) is 13.6. The molecule has 0 aliphatic carbocycles. The number of benzene rings is 1. The van der Waals surface area contributed by atoms with Crippen molar-refractivity contribution >= 4 is 11.9 Å². The summed E-state index contributed by atoms with van der Waals surface area (Å²) in [5.74, 6) is -1.18. The van der Waals surface area contributed by atoms with Crippen molar-refractivity contribution in [3.8, 4) is 5.75 Å². The first-order valence-electron chi connectivity index (χ1n) is 8.16. The molecule has 7 nitrogen and oxygen atoms in total. The van der Waals surface area contributed by atoms with Crippen molar-refractivity contribution in [1.29, 1.82) is 0 Å². The van der Waals surface area contributed by atoms with Gasteiger partial charge in [0.15, 0.2) is 0 Å². The number of carboxylic acids is 1. The molecule has 7 heteroatoms. The Kier molecular flexibility index (Phi) is 4.74. The molecule has 3 rings (SSSR count). The van der Waals surface area contributed by atoms with Crippen LogP contribution in [0.5, 0.6) is 5.75 Å². The maximum atomic E-state index is 12.3. The molecule has 1 aromatic carbocycles. The summed E-state index contributed by atoms with van der Waals surface area (Å²) in [6.07, 6.45) is 3.37. The number of hydrogen-bond donors (Lipinski definition) is 1. The van der Waals surface area contributed by atoms with Crippen LogP contribution < -0.4 is 4.74 Å². The molecule has 1 aromatic heterocycles. The van der Waals surface area contributed by atoms with Gasteiger partial charge in [-0.1, -0.05) is 17.7 Å². The van der Waals surface area contributed by atoms with E-state index in [0.29, 0.717) is 13.2 Å². The van der Waals surface area contributed by atoms with Crippen LogP contribution in [0.2, 0.25) is 0 Å². The molecule has 0 spiro atoms. The van der Waals surface area contributed by atoms with Crippen molar-refractivity contribution < 1.29 is 19.4 Å². The number of likely N-dealkylation sites (tertiary alicyclic amines) is 1. The topological polar surface area (TPSA) is 84.7 Å². The van der Waals surface area contributed by atoms with Gasteiger partial charge in [-0.2, -0.15) is 5.10 Å². The van der Waals surface area contributed by atoms with Gasteiger partial charge in [0.25, 0.3) is 0 Å². The first kappa shape index (κ1) is 17.0. The molecule has 0 radical (unpaired) electrons. The molecule has 1 aliphatic rings. The highest BCUT2D eigenvalue weighted by Gasteiger charge is 2.45. The molecular weight excluding hydrogens is 322 g/mol. The monoisotopic (exact) mass is 343 g/mol. The number of aryl methyl sites for hydroxylation is 2. The zero-order valence-electron chi connectivity index (χ0n) is 14.3. The minimum atomic E-state index is -0.968. The second kappa shape index (κ2) is 6.96. The van der Waals surface area contributed by atoms with E-state index in [1.54, 1.807) is 29.0 Å². The minimum Gasteiger partial charge on any atom is -0.492 e. The van der Waals surface area contributed by atoms with E-state index >= 15 is 0 Å². The lowest BCUT2D eigenvalue weighted by atomic mass is 9.96. The highest BCUT2D eigenvalue weighted by Crippen LogP contribution is 2.37. The van der Waals surface area contributed by atoms with E-state index in [4.69, 9.17) is 4.74 Å². The minimum absolute atomic E-state index is 0.000569. The van der Waals surface area contributed by atoms with Crippen LogP contribution >= 0.6 is 0 Å². The van der Waals surface area contributed by atoms with E-state index < -0.39 is 17.9 Å². The number of carbonyl (C=O) groups excluding carboxylic acids is 1. The average molecular weight is 343 g/mol. The molecule has 1 aliphatic heterocycles. The van der Waals surface area contributed by atoms with Crippen LogP contribution in [0.1, 0.15) is 23.6 Å². The maximum Gasteiger partial charge on any atom is 0.309 e. The Bertz CT molecular complexity index is 769. The fourth-order valence-electron chi connectivity index (χ4n) is 3.18. The van der Waals surface area contributed by atoms with Gasteiger partial charge in [0.1, 0.15) is 12.4 Å². The smallest absolute Gasteiger partial charge is 0.309 e. The Balaban J connectivity index is 1.72. The van der Waals surface area contributed by atoms with E-state index in [0.717, 1.165) is 16.9 Å². The van der Waals surface area contributed by atoms with E-state index in [-0.39, 0.29) is 12.3 Å². The number of ether oxygens (including phenoxy) is 1. The van der Waals surface area contributed by atoms with Crippen molar-refractivity contribution in [3.05, 3.63) is 47.8 Å². The molecular formula is C18H21N3O4. The number of hydrogen-bond acceptors (Lipinski definition) is 4. The van der Waals surface area contributed by atoms with Crippen molar-refractivity contribution in [2.75, 3.05) is 13.2 Å². The quantitative estimate of drug-likeness (QED) is 0.864. The van der Waals surface area contributed by atoms with E-state index in [1.165, 1.54) is 0 Å². The third kappa shape index (κ3) is 3.65. The van der Waals surface area contributed by atoms with Gasteiger partial charge < -0.3 is 14.7 Å². The van der Waals surface area contributed by atoms with Crippen LogP contribution in [-0.4, -0.2) is 44.8 Å². The fraction of sp³-hybridized carbons (Fsp3) is 0.389. The number of rotatable bonds is 6. The molecule has 0 saturated carbocycles. The van der Waals surface area contributed by atoms with Gasteiger partial charge in [0.2, 0.25) is 5.91 Å². The number of aromatic nitrogens is 2. The highest BCUT2D eigenvalue weighted by molar-refractivity contribution is 5.87. The Hall–Kier alpha value is -2.83. The standard InChI is InChI=1S/C18H21N3O4/c1-12-3-5-14(6-4-12)25-8-7-21-16(22)9-15(18(23)24)17(21)13-10-19-20(2)11-13/h3-6,10-11,15,17H,7-9H2,1-2H3,(H,23,24)/t15-,17+/m1/s1. The Labute approximate surface area is 145 Å². The molecule has 1 saturated heterocycles. The number of nitrogens with zero attached hydrogens (tertiary/aromatic N) is 3. The summed E-state index contributed by atoms with van der Waals surface area (Å²) in [6, 6.07) is 7.14. The molecule has 1 amide bonds.